The van der Waals surface area contributed by atoms with Gasteiger partial charge in [0.05, 0.1) is 11.3 Å². The molecule has 7 heteroatoms. The SMILES string of the molecule is NC(=O)c1ccccc1[C@@H](C(=O)N1C[C@H](Cl)[C@H]2OCC(=O)[C@H]21)C1CCCCC1. The molecular weight excluding hydrogens is 380 g/mol. The minimum atomic E-state index is -0.623. The number of fused-ring (bicyclic) bond motifs is 1. The van der Waals surface area contributed by atoms with Gasteiger partial charge in [-0.3, -0.25) is 14.4 Å². The molecule has 0 aromatic heterocycles. The smallest absolute Gasteiger partial charge is 0.249 e. The van der Waals surface area contributed by atoms with E-state index in [0.717, 1.165) is 32.1 Å². The molecule has 2 aliphatic heterocycles. The van der Waals surface area contributed by atoms with E-state index >= 15 is 0 Å². The number of ketones is 1. The number of halogens is 1. The Balaban J connectivity index is 1.73. The summed E-state index contributed by atoms with van der Waals surface area (Å²) in [5.74, 6) is -1.17. The summed E-state index contributed by atoms with van der Waals surface area (Å²) in [6.45, 7) is 0.276. The maximum Gasteiger partial charge on any atom is 0.249 e. The number of likely N-dealkylation sites (tertiary alicyclic amines) is 1. The third-order valence-electron chi connectivity index (χ3n) is 6.35. The fourth-order valence-corrected chi connectivity index (χ4v) is 5.41. The topological polar surface area (TPSA) is 89.7 Å². The Morgan fingerprint density at radius 2 is 1.89 bits per heavy atom. The lowest BCUT2D eigenvalue weighted by Crippen LogP contribution is -2.46. The molecule has 2 amide bonds. The van der Waals surface area contributed by atoms with Crippen molar-refractivity contribution in [3.8, 4) is 0 Å². The molecule has 150 valence electrons. The highest BCUT2D eigenvalue weighted by molar-refractivity contribution is 6.22. The zero-order valence-electron chi connectivity index (χ0n) is 15.7. The first-order valence-corrected chi connectivity index (χ1v) is 10.4. The van der Waals surface area contributed by atoms with Gasteiger partial charge in [0.15, 0.2) is 5.78 Å². The maximum atomic E-state index is 13.8. The first-order valence-electron chi connectivity index (χ1n) is 9.96. The molecule has 3 fully saturated rings. The Bertz CT molecular complexity index is 792. The summed E-state index contributed by atoms with van der Waals surface area (Å²) in [4.78, 5) is 39.8. The van der Waals surface area contributed by atoms with Crippen LogP contribution in [-0.2, 0) is 14.3 Å². The van der Waals surface area contributed by atoms with E-state index in [2.05, 4.69) is 0 Å². The van der Waals surface area contributed by atoms with Gasteiger partial charge in [0.1, 0.15) is 18.8 Å². The Hall–Kier alpha value is -1.92. The van der Waals surface area contributed by atoms with Crippen LogP contribution < -0.4 is 5.73 Å². The minimum Gasteiger partial charge on any atom is -0.366 e. The standard InChI is InChI=1S/C21H25ClN2O4/c22-15-10-24(18-16(25)11-28-19(15)18)21(27)17(12-6-2-1-3-7-12)13-8-4-5-9-14(13)20(23)26/h4-5,8-9,12,15,17-19H,1-3,6-7,10-11H2,(H2,23,26)/t15-,17-,18+,19+/m0/s1. The molecule has 4 atom stereocenters. The molecular formula is C21H25ClN2O4. The van der Waals surface area contributed by atoms with Gasteiger partial charge in [-0.1, -0.05) is 37.5 Å². The number of nitrogens with zero attached hydrogens (tertiary/aromatic N) is 1. The number of carbonyl (C=O) groups excluding carboxylic acids is 3. The zero-order chi connectivity index (χ0) is 19.8. The van der Waals surface area contributed by atoms with Gasteiger partial charge in [-0.2, -0.15) is 0 Å². The highest BCUT2D eigenvalue weighted by Crippen LogP contribution is 2.41. The number of primary amides is 1. The third-order valence-corrected chi connectivity index (χ3v) is 6.74. The third kappa shape index (κ3) is 3.33. The average Bonchev–Trinajstić information content (AvgIpc) is 3.24. The van der Waals surface area contributed by atoms with Crippen molar-refractivity contribution in [1.82, 2.24) is 4.90 Å². The molecule has 0 spiro atoms. The predicted molar refractivity (Wildman–Crippen MR) is 104 cm³/mol. The van der Waals surface area contributed by atoms with E-state index in [1.165, 1.54) is 0 Å². The molecule has 1 aliphatic carbocycles. The first-order chi connectivity index (χ1) is 13.5. The Kier molecular flexibility index (Phi) is 5.43. The van der Waals surface area contributed by atoms with Crippen LogP contribution in [0.2, 0.25) is 0 Å². The lowest BCUT2D eigenvalue weighted by molar-refractivity contribution is -0.139. The number of rotatable bonds is 4. The predicted octanol–water partition coefficient (Wildman–Crippen LogP) is 2.24. The van der Waals surface area contributed by atoms with Crippen LogP contribution in [0, 0.1) is 5.92 Å². The van der Waals surface area contributed by atoms with Crippen molar-refractivity contribution in [3.63, 3.8) is 0 Å². The number of hydrogen-bond acceptors (Lipinski definition) is 4. The van der Waals surface area contributed by atoms with E-state index in [9.17, 15) is 14.4 Å². The Morgan fingerprint density at radius 1 is 1.18 bits per heavy atom. The number of amides is 2. The molecule has 1 saturated carbocycles. The number of nitrogens with two attached hydrogens (primary N) is 1. The number of Topliss-reactive ketones (excluding diaryl/α,β-unsaturated/α-hetero) is 1. The summed E-state index contributed by atoms with van der Waals surface area (Å²) in [6.07, 6.45) is 4.65. The number of carbonyl (C=O) groups is 3. The highest BCUT2D eigenvalue weighted by atomic mass is 35.5. The van der Waals surface area contributed by atoms with Crippen molar-refractivity contribution in [3.05, 3.63) is 35.4 Å². The van der Waals surface area contributed by atoms with Crippen LogP contribution in [0.15, 0.2) is 24.3 Å². The van der Waals surface area contributed by atoms with Gasteiger partial charge < -0.3 is 15.4 Å². The molecule has 3 aliphatic rings. The van der Waals surface area contributed by atoms with E-state index in [1.54, 1.807) is 17.0 Å². The molecule has 1 aromatic rings. The molecule has 0 bridgehead atoms. The summed E-state index contributed by atoms with van der Waals surface area (Å²) in [7, 11) is 0. The lowest BCUT2D eigenvalue weighted by atomic mass is 9.74. The van der Waals surface area contributed by atoms with Crippen LogP contribution in [0.4, 0.5) is 0 Å². The van der Waals surface area contributed by atoms with Crippen molar-refractivity contribution in [2.45, 2.75) is 55.5 Å². The van der Waals surface area contributed by atoms with Gasteiger partial charge in [-0.25, -0.2) is 0 Å². The quantitative estimate of drug-likeness (QED) is 0.779. The molecule has 0 unspecified atom stereocenters. The molecule has 28 heavy (non-hydrogen) atoms. The van der Waals surface area contributed by atoms with Crippen molar-refractivity contribution in [1.29, 1.82) is 0 Å². The monoisotopic (exact) mass is 404 g/mol. The number of hydrogen-bond donors (Lipinski definition) is 1. The second kappa shape index (κ2) is 7.84. The molecule has 2 N–H and O–H groups in total. The zero-order valence-corrected chi connectivity index (χ0v) is 16.4. The molecule has 2 heterocycles. The number of benzene rings is 1. The summed E-state index contributed by atoms with van der Waals surface area (Å²) in [5.41, 5.74) is 6.64. The Labute approximate surface area is 169 Å². The van der Waals surface area contributed by atoms with Crippen molar-refractivity contribution >= 4 is 29.2 Å². The van der Waals surface area contributed by atoms with Crippen LogP contribution in [0.1, 0.15) is 53.9 Å². The maximum absolute atomic E-state index is 13.8. The van der Waals surface area contributed by atoms with E-state index in [4.69, 9.17) is 22.1 Å². The Morgan fingerprint density at radius 3 is 2.61 bits per heavy atom. The summed E-state index contributed by atoms with van der Waals surface area (Å²) in [6, 6.07) is 6.44. The number of ether oxygens (including phenoxy) is 1. The molecule has 6 nitrogen and oxygen atoms in total. The highest BCUT2D eigenvalue weighted by Gasteiger charge is 2.53. The van der Waals surface area contributed by atoms with Crippen molar-refractivity contribution in [2.24, 2.45) is 11.7 Å². The van der Waals surface area contributed by atoms with Crippen LogP contribution in [0.25, 0.3) is 0 Å². The first kappa shape index (κ1) is 19.4. The van der Waals surface area contributed by atoms with Gasteiger partial charge in [-0.05, 0) is 30.4 Å². The van der Waals surface area contributed by atoms with E-state index in [1.807, 2.05) is 12.1 Å². The van der Waals surface area contributed by atoms with E-state index in [-0.39, 0.29) is 30.8 Å². The fraction of sp³-hybridized carbons (Fsp3) is 0.571. The normalized spacial score (nSPS) is 29.0. The minimum absolute atomic E-state index is 0.00565. The molecule has 2 saturated heterocycles. The van der Waals surface area contributed by atoms with Crippen LogP contribution in [-0.4, -0.2) is 53.2 Å². The van der Waals surface area contributed by atoms with Crippen LogP contribution in [0.5, 0.6) is 0 Å². The van der Waals surface area contributed by atoms with E-state index in [0.29, 0.717) is 11.1 Å². The lowest BCUT2D eigenvalue weighted by Gasteiger charge is -2.34. The van der Waals surface area contributed by atoms with Crippen LogP contribution in [0.3, 0.4) is 0 Å². The van der Waals surface area contributed by atoms with Crippen LogP contribution >= 0.6 is 11.6 Å². The van der Waals surface area contributed by atoms with Gasteiger partial charge in [-0.15, -0.1) is 11.6 Å². The summed E-state index contributed by atoms with van der Waals surface area (Å²) >= 11 is 6.39. The van der Waals surface area contributed by atoms with Crippen molar-refractivity contribution in [2.75, 3.05) is 13.2 Å². The largest absolute Gasteiger partial charge is 0.366 e. The van der Waals surface area contributed by atoms with Crippen molar-refractivity contribution < 1.29 is 19.1 Å². The summed E-state index contributed by atoms with van der Waals surface area (Å²) in [5, 5.41) is -0.404. The van der Waals surface area contributed by atoms with Gasteiger partial charge in [0.2, 0.25) is 11.8 Å². The average molecular weight is 405 g/mol. The second-order valence-electron chi connectivity index (χ2n) is 8.02. The summed E-state index contributed by atoms with van der Waals surface area (Å²) < 4.78 is 5.53. The second-order valence-corrected chi connectivity index (χ2v) is 8.58. The van der Waals surface area contributed by atoms with Gasteiger partial charge in [0.25, 0.3) is 0 Å². The van der Waals surface area contributed by atoms with Gasteiger partial charge >= 0.3 is 0 Å². The number of alkyl halides is 1. The molecule has 1 aromatic carbocycles. The molecule has 4 rings (SSSR count). The molecule has 0 radical (unpaired) electrons. The fourth-order valence-electron chi connectivity index (χ4n) is 5.05. The van der Waals surface area contributed by atoms with Gasteiger partial charge in [0, 0.05) is 12.1 Å². The van der Waals surface area contributed by atoms with E-state index < -0.39 is 29.3 Å².